The third-order valence-electron chi connectivity index (χ3n) is 9.23. The molecule has 3 aliphatic carbocycles. The molecule has 46 heavy (non-hydrogen) atoms. The van der Waals surface area contributed by atoms with E-state index in [4.69, 9.17) is 4.74 Å². The van der Waals surface area contributed by atoms with Crippen LogP contribution in [0.4, 0.5) is 5.82 Å². The predicted molar refractivity (Wildman–Crippen MR) is 168 cm³/mol. The molecule has 2 N–H and O–H groups in total. The Hall–Kier alpha value is -4.26. The largest absolute Gasteiger partial charge is 0.458 e. The zero-order chi connectivity index (χ0) is 32.1. The molecule has 242 valence electrons. The Balaban J connectivity index is 1.03. The molecule has 2 saturated carbocycles. The van der Waals surface area contributed by atoms with Crippen molar-refractivity contribution < 1.29 is 27.5 Å². The molecule has 0 radical (unpaired) electrons. The average Bonchev–Trinajstić information content (AvgIpc) is 3.48. The number of hydrogen-bond acceptors (Lipinski definition) is 10. The normalized spacial score (nSPS) is 20.4. The van der Waals surface area contributed by atoms with Gasteiger partial charge in [0.2, 0.25) is 5.91 Å². The lowest BCUT2D eigenvalue weighted by Gasteiger charge is -2.28. The van der Waals surface area contributed by atoms with Crippen molar-refractivity contribution in [2.24, 2.45) is 5.92 Å². The molecule has 3 aromatic rings. The number of rotatable bonds is 9. The number of nitrogens with one attached hydrogen (secondary N) is 2. The van der Waals surface area contributed by atoms with E-state index >= 15 is 0 Å². The van der Waals surface area contributed by atoms with Crippen molar-refractivity contribution in [2.75, 3.05) is 5.32 Å². The number of anilines is 1. The van der Waals surface area contributed by atoms with Gasteiger partial charge in [0.15, 0.2) is 27.0 Å². The minimum absolute atomic E-state index is 0.0139. The molecular weight excluding hydrogens is 608 g/mol. The minimum Gasteiger partial charge on any atom is -0.458 e. The second-order valence-electron chi connectivity index (χ2n) is 12.4. The monoisotopic (exact) mass is 646 g/mol. The maximum Gasteiger partial charge on any atom is 0.361 e. The second-order valence-corrected chi connectivity index (χ2v) is 14.7. The van der Waals surface area contributed by atoms with Gasteiger partial charge in [-0.05, 0) is 62.5 Å². The Bertz CT molecular complexity index is 1680. The van der Waals surface area contributed by atoms with Crippen LogP contribution < -0.4 is 10.6 Å². The summed E-state index contributed by atoms with van der Waals surface area (Å²) in [5.41, 5.74) is 2.44. The van der Waals surface area contributed by atoms with Crippen LogP contribution in [-0.2, 0) is 38.0 Å². The molecule has 6 rings (SSSR count). The Labute approximate surface area is 268 Å². The molecule has 3 aliphatic rings. The van der Waals surface area contributed by atoms with Crippen LogP contribution in [0.2, 0.25) is 0 Å². The first-order chi connectivity index (χ1) is 22.3. The van der Waals surface area contributed by atoms with Crippen molar-refractivity contribution >= 4 is 33.4 Å². The first-order valence-electron chi connectivity index (χ1n) is 16.0. The Morgan fingerprint density at radius 1 is 0.783 bits per heavy atom. The molecule has 1 aromatic carbocycles. The van der Waals surface area contributed by atoms with Crippen molar-refractivity contribution in [3.05, 3.63) is 77.3 Å². The van der Waals surface area contributed by atoms with Gasteiger partial charge in [-0.1, -0.05) is 43.5 Å². The number of hydrogen-bond donors (Lipinski definition) is 2. The van der Waals surface area contributed by atoms with Gasteiger partial charge in [-0.25, -0.2) is 28.2 Å². The van der Waals surface area contributed by atoms with Gasteiger partial charge in [-0.15, -0.1) is 0 Å². The molecule has 0 spiro atoms. The summed E-state index contributed by atoms with van der Waals surface area (Å²) in [7, 11) is -3.69. The second kappa shape index (κ2) is 14.0. The number of amides is 2. The summed E-state index contributed by atoms with van der Waals surface area (Å²) in [6.07, 6.45) is 12.4. The zero-order valence-corrected chi connectivity index (χ0v) is 26.4. The van der Waals surface area contributed by atoms with Crippen LogP contribution in [0.15, 0.2) is 49.1 Å². The molecular formula is C33H38N6O6S. The van der Waals surface area contributed by atoms with E-state index in [9.17, 15) is 22.8 Å². The van der Waals surface area contributed by atoms with E-state index in [2.05, 4.69) is 30.6 Å². The maximum absolute atomic E-state index is 13.5. The van der Waals surface area contributed by atoms with Crippen LogP contribution in [0.1, 0.15) is 95.6 Å². The molecule has 2 heterocycles. The van der Waals surface area contributed by atoms with Gasteiger partial charge in [0.25, 0.3) is 5.91 Å². The summed E-state index contributed by atoms with van der Waals surface area (Å²) in [4.78, 5) is 55.7. The summed E-state index contributed by atoms with van der Waals surface area (Å²) in [6.45, 7) is 0. The maximum atomic E-state index is 13.5. The van der Waals surface area contributed by atoms with E-state index in [0.717, 1.165) is 32.1 Å². The van der Waals surface area contributed by atoms with Crippen molar-refractivity contribution in [1.29, 1.82) is 0 Å². The number of esters is 1. The molecule has 12 nitrogen and oxygen atoms in total. The summed E-state index contributed by atoms with van der Waals surface area (Å²) in [6, 6.07) is 7.94. The quantitative estimate of drug-likeness (QED) is 0.326. The van der Waals surface area contributed by atoms with E-state index < -0.39 is 38.8 Å². The van der Waals surface area contributed by atoms with Crippen molar-refractivity contribution in [1.82, 2.24) is 25.3 Å². The topological polar surface area (TPSA) is 170 Å². The SMILES string of the molecule is O=C(NC1Cc2ccccc2C1)c1nccnc1CS(=O)(=O)C1CCC(OC(=O)c2nccnc2NC(=O)C2CCCCC2)CC1. The standard InChI is InChI=1S/C33H38N6O6S/c40-31(21-6-2-1-3-7-21)39-30-29(36-16-17-37-30)33(42)45-25-10-12-26(13-11-25)46(43,44)20-27-28(35-15-14-34-27)32(41)38-24-18-22-8-4-5-9-23(22)19-24/h4-5,8-9,14-17,21,24-26H,1-3,6-7,10-13,18-20H2,(H,38,41)(H,37,39,40). The molecule has 13 heteroatoms. The third kappa shape index (κ3) is 7.41. The number of sulfone groups is 1. The van der Waals surface area contributed by atoms with Crippen LogP contribution in [-0.4, -0.2) is 63.5 Å². The van der Waals surface area contributed by atoms with Crippen molar-refractivity contribution in [3.63, 3.8) is 0 Å². The summed E-state index contributed by atoms with van der Waals surface area (Å²) in [5.74, 6) is -1.78. The summed E-state index contributed by atoms with van der Waals surface area (Å²) < 4.78 is 32.7. The fourth-order valence-corrected chi connectivity index (χ4v) is 8.58. The number of aromatic nitrogens is 4. The van der Waals surface area contributed by atoms with E-state index in [1.54, 1.807) is 0 Å². The highest BCUT2D eigenvalue weighted by molar-refractivity contribution is 7.91. The van der Waals surface area contributed by atoms with Gasteiger partial charge in [0, 0.05) is 36.7 Å². The lowest BCUT2D eigenvalue weighted by molar-refractivity contribution is -0.120. The number of carbonyl (C=O) groups is 3. The molecule has 0 saturated heterocycles. The first kappa shape index (κ1) is 31.7. The highest BCUT2D eigenvalue weighted by atomic mass is 32.2. The smallest absolute Gasteiger partial charge is 0.361 e. The van der Waals surface area contributed by atoms with Crippen molar-refractivity contribution in [3.8, 4) is 0 Å². The zero-order valence-electron chi connectivity index (χ0n) is 25.6. The number of fused-ring (bicyclic) bond motifs is 1. The Kier molecular flexibility index (Phi) is 9.67. The number of ether oxygens (including phenoxy) is 1. The number of benzene rings is 1. The van der Waals surface area contributed by atoms with Crippen LogP contribution >= 0.6 is 0 Å². The van der Waals surface area contributed by atoms with Gasteiger partial charge in [0.1, 0.15) is 6.10 Å². The molecule has 0 atom stereocenters. The van der Waals surface area contributed by atoms with Gasteiger partial charge in [-0.3, -0.25) is 14.6 Å². The summed E-state index contributed by atoms with van der Waals surface area (Å²) >= 11 is 0. The van der Waals surface area contributed by atoms with Gasteiger partial charge >= 0.3 is 5.97 Å². The minimum atomic E-state index is -3.69. The highest BCUT2D eigenvalue weighted by Gasteiger charge is 2.35. The molecule has 0 aliphatic heterocycles. The van der Waals surface area contributed by atoms with Crippen LogP contribution in [0, 0.1) is 5.92 Å². The lowest BCUT2D eigenvalue weighted by atomic mass is 9.89. The fraction of sp³-hybridized carbons (Fsp3) is 0.485. The number of nitrogens with zero attached hydrogens (tertiary/aromatic N) is 4. The molecule has 2 amide bonds. The fourth-order valence-electron chi connectivity index (χ4n) is 6.76. The molecule has 0 bridgehead atoms. The van der Waals surface area contributed by atoms with Gasteiger partial charge in [-0.2, -0.15) is 0 Å². The van der Waals surface area contributed by atoms with Crippen LogP contribution in [0.3, 0.4) is 0 Å². The lowest BCUT2D eigenvalue weighted by Crippen LogP contribution is -2.37. The van der Waals surface area contributed by atoms with E-state index in [1.807, 2.05) is 24.3 Å². The third-order valence-corrected chi connectivity index (χ3v) is 11.4. The molecule has 2 fully saturated rings. The van der Waals surface area contributed by atoms with E-state index in [1.165, 1.54) is 35.9 Å². The Morgan fingerprint density at radius 3 is 2.11 bits per heavy atom. The molecule has 2 aromatic heterocycles. The van der Waals surface area contributed by atoms with Gasteiger partial charge in [0.05, 0.1) is 16.7 Å². The summed E-state index contributed by atoms with van der Waals surface area (Å²) in [5, 5.41) is 5.08. The number of carbonyl (C=O) groups excluding carboxylic acids is 3. The first-order valence-corrected chi connectivity index (χ1v) is 17.7. The van der Waals surface area contributed by atoms with Gasteiger partial charge < -0.3 is 15.4 Å². The van der Waals surface area contributed by atoms with E-state index in [0.29, 0.717) is 25.7 Å². The van der Waals surface area contributed by atoms with Crippen LogP contribution in [0.5, 0.6) is 0 Å². The highest BCUT2D eigenvalue weighted by Crippen LogP contribution is 2.30. The predicted octanol–water partition coefficient (Wildman–Crippen LogP) is 3.77. The van der Waals surface area contributed by atoms with Crippen molar-refractivity contribution in [2.45, 2.75) is 93.8 Å². The van der Waals surface area contributed by atoms with Crippen LogP contribution in [0.25, 0.3) is 0 Å². The van der Waals surface area contributed by atoms with E-state index in [-0.39, 0.29) is 53.6 Å². The average molecular weight is 647 g/mol. The Morgan fingerprint density at radius 2 is 1.41 bits per heavy atom. The molecule has 0 unspecified atom stereocenters.